The van der Waals surface area contributed by atoms with Crippen molar-refractivity contribution in [1.29, 1.82) is 0 Å². The summed E-state index contributed by atoms with van der Waals surface area (Å²) in [7, 11) is 0. The molecule has 6 atom stereocenters. The van der Waals surface area contributed by atoms with E-state index in [4.69, 9.17) is 33.7 Å². The topological polar surface area (TPSA) is 141 Å². The van der Waals surface area contributed by atoms with Gasteiger partial charge in [-0.25, -0.2) is 0 Å². The van der Waals surface area contributed by atoms with Gasteiger partial charge in [0.15, 0.2) is 11.5 Å². The van der Waals surface area contributed by atoms with Crippen LogP contribution >= 0.6 is 0 Å². The van der Waals surface area contributed by atoms with Gasteiger partial charge >= 0.3 is 0 Å². The van der Waals surface area contributed by atoms with Gasteiger partial charge in [-0.15, -0.1) is 6.58 Å². The molecular formula is C49H63N3O9. The minimum Gasteiger partial charge on any atom is -0.487 e. The molecule has 1 fully saturated rings. The Morgan fingerprint density at radius 3 is 2.52 bits per heavy atom. The van der Waals surface area contributed by atoms with Gasteiger partial charge in [0.05, 0.1) is 23.9 Å². The first-order valence-corrected chi connectivity index (χ1v) is 22.0. The smallest absolute Gasteiger partial charge is 0.254 e. The van der Waals surface area contributed by atoms with Crippen LogP contribution in [0.25, 0.3) is 0 Å². The standard InChI is InChI=1S/C49H63N3O9/c1-7-22-52(47(55)34-18-20-42-43(27-34)58-31-57-42)44-29-40(51-61-48(4,5)6)38-26-33(15-9-11-23-53)37(17-10-12-24-54)45-39-28-36(56-30-35-16-13-14-32(3)50-35)19-21-41(39)60-49(44,46(38)45)59-25-8-2/h8,13-14,16,18-21,26-28,33,37,44-46,53-54H,2,7,9-12,15,17,22-25,29-31H2,1,3-6H3. The number of carbonyl (C=O) groups excluding carboxylic acids is 1. The van der Waals surface area contributed by atoms with Crippen molar-refractivity contribution < 1.29 is 43.5 Å². The third kappa shape index (κ3) is 9.61. The lowest BCUT2D eigenvalue weighted by atomic mass is 9.55. The third-order valence-corrected chi connectivity index (χ3v) is 12.1. The molecule has 328 valence electrons. The van der Waals surface area contributed by atoms with E-state index < -0.39 is 23.3 Å². The highest BCUT2D eigenvalue weighted by Crippen LogP contribution is 2.62. The summed E-state index contributed by atoms with van der Waals surface area (Å²) < 4.78 is 32.3. The maximum Gasteiger partial charge on any atom is 0.254 e. The summed E-state index contributed by atoms with van der Waals surface area (Å²) >= 11 is 0. The lowest BCUT2D eigenvalue weighted by molar-refractivity contribution is -0.254. The molecule has 1 saturated carbocycles. The molecule has 12 nitrogen and oxygen atoms in total. The van der Waals surface area contributed by atoms with Crippen LogP contribution in [-0.2, 0) is 16.2 Å². The van der Waals surface area contributed by atoms with Crippen LogP contribution in [0.2, 0.25) is 0 Å². The Morgan fingerprint density at radius 2 is 1.79 bits per heavy atom. The largest absolute Gasteiger partial charge is 0.487 e. The van der Waals surface area contributed by atoms with Gasteiger partial charge in [-0.3, -0.25) is 9.78 Å². The Kier molecular flexibility index (Phi) is 14.1. The average Bonchev–Trinajstić information content (AvgIpc) is 3.72. The summed E-state index contributed by atoms with van der Waals surface area (Å²) in [5, 5.41) is 24.9. The number of unbranched alkanes of at least 4 members (excludes halogenated alkanes) is 2. The molecule has 2 aliphatic heterocycles. The molecule has 2 N–H and O–H groups in total. The number of ether oxygens (including phenoxy) is 5. The zero-order valence-corrected chi connectivity index (χ0v) is 36.4. The van der Waals surface area contributed by atoms with E-state index in [1.165, 1.54) is 0 Å². The molecule has 1 aromatic heterocycles. The number of oxime groups is 1. The highest BCUT2D eigenvalue weighted by Gasteiger charge is 2.65. The Hall–Kier alpha value is -4.91. The number of benzene rings is 2. The summed E-state index contributed by atoms with van der Waals surface area (Å²) in [6, 6.07) is 16.6. The molecule has 12 heteroatoms. The lowest BCUT2D eigenvalue weighted by Gasteiger charge is -2.60. The Bertz CT molecular complexity index is 2080. The van der Waals surface area contributed by atoms with E-state index >= 15 is 4.79 Å². The highest BCUT2D eigenvalue weighted by molar-refractivity contribution is 6.03. The van der Waals surface area contributed by atoms with Crippen LogP contribution in [-0.4, -0.2) is 82.3 Å². The second kappa shape index (κ2) is 19.4. The fourth-order valence-corrected chi connectivity index (χ4v) is 9.60. The number of aliphatic hydroxyl groups is 2. The first-order valence-electron chi connectivity index (χ1n) is 22.0. The quantitative estimate of drug-likeness (QED) is 0.0685. The Morgan fingerprint density at radius 1 is 1.02 bits per heavy atom. The van der Waals surface area contributed by atoms with Crippen molar-refractivity contribution in [3.05, 3.63) is 101 Å². The minimum atomic E-state index is -1.38. The number of aliphatic hydroxyl groups excluding tert-OH is 2. The van der Waals surface area contributed by atoms with E-state index in [9.17, 15) is 10.2 Å². The van der Waals surface area contributed by atoms with Crippen LogP contribution in [0.5, 0.6) is 23.0 Å². The molecule has 0 bridgehead atoms. The second-order valence-electron chi connectivity index (χ2n) is 17.6. The zero-order chi connectivity index (χ0) is 43.1. The number of aryl methyl sites for hydroxylation is 1. The SMILES string of the molecule is C=CCOC12Oc3ccc(OCc4cccc(C)n4)cc3C3C(CCCCO)C(CCCCO)C=C(C(=NOC(C)(C)C)CC1N(CCC)C(=O)c1ccc4c(c1)OCO4)C32. The zero-order valence-electron chi connectivity index (χ0n) is 36.4. The van der Waals surface area contributed by atoms with E-state index in [1.807, 2.05) is 62.9 Å². The number of aromatic nitrogens is 1. The molecule has 0 saturated heterocycles. The molecule has 6 unspecified atom stereocenters. The van der Waals surface area contributed by atoms with Crippen LogP contribution in [0, 0.1) is 24.7 Å². The van der Waals surface area contributed by atoms with E-state index in [1.54, 1.807) is 24.3 Å². The highest BCUT2D eigenvalue weighted by atomic mass is 16.7. The maximum absolute atomic E-state index is 15.1. The van der Waals surface area contributed by atoms with Gasteiger partial charge in [-0.2, -0.15) is 0 Å². The van der Waals surface area contributed by atoms with Gasteiger partial charge in [0.25, 0.3) is 5.91 Å². The fraction of sp³-hybridized carbons (Fsp3) is 0.531. The number of allylic oxidation sites excluding steroid dienone is 1. The molecule has 0 radical (unpaired) electrons. The number of hydrogen-bond acceptors (Lipinski definition) is 11. The van der Waals surface area contributed by atoms with Crippen molar-refractivity contribution in [3.63, 3.8) is 0 Å². The average molecular weight is 838 g/mol. The summed E-state index contributed by atoms with van der Waals surface area (Å²) in [5.41, 5.74) is 4.35. The van der Waals surface area contributed by atoms with Gasteiger partial charge in [0.2, 0.25) is 12.6 Å². The predicted octanol–water partition coefficient (Wildman–Crippen LogP) is 8.68. The monoisotopic (exact) mass is 837 g/mol. The molecule has 2 aromatic carbocycles. The van der Waals surface area contributed by atoms with E-state index in [-0.39, 0.29) is 50.3 Å². The molecule has 1 amide bonds. The van der Waals surface area contributed by atoms with Crippen molar-refractivity contribution in [2.45, 2.75) is 116 Å². The molecule has 7 rings (SSSR count). The van der Waals surface area contributed by atoms with Crippen molar-refractivity contribution in [2.24, 2.45) is 22.9 Å². The van der Waals surface area contributed by atoms with Crippen molar-refractivity contribution in [3.8, 4) is 23.0 Å². The van der Waals surface area contributed by atoms with Gasteiger partial charge in [0.1, 0.15) is 29.7 Å². The number of rotatable bonds is 19. The van der Waals surface area contributed by atoms with Crippen molar-refractivity contribution in [2.75, 3.05) is 33.2 Å². The van der Waals surface area contributed by atoms with Gasteiger partial charge in [-0.05, 0) is 126 Å². The first kappa shape index (κ1) is 44.2. The summed E-state index contributed by atoms with van der Waals surface area (Å²) in [4.78, 5) is 27.9. The maximum atomic E-state index is 15.1. The van der Waals surface area contributed by atoms with Gasteiger partial charge in [0, 0.05) is 48.9 Å². The second-order valence-corrected chi connectivity index (χ2v) is 17.6. The van der Waals surface area contributed by atoms with Crippen LogP contribution in [0.4, 0.5) is 0 Å². The number of fused-ring (bicyclic) bond motifs is 3. The number of carbonyl (C=O) groups is 1. The molecule has 2 aliphatic carbocycles. The summed E-state index contributed by atoms with van der Waals surface area (Å²) in [5.74, 6) is 0.475. The van der Waals surface area contributed by atoms with E-state index in [0.29, 0.717) is 67.4 Å². The number of pyridine rings is 1. The van der Waals surface area contributed by atoms with Gasteiger partial charge in [-0.1, -0.05) is 43.1 Å². The van der Waals surface area contributed by atoms with Crippen molar-refractivity contribution >= 4 is 11.6 Å². The van der Waals surface area contributed by atoms with E-state index in [0.717, 1.165) is 53.9 Å². The third-order valence-electron chi connectivity index (χ3n) is 12.1. The normalized spacial score (nSPS) is 24.3. The van der Waals surface area contributed by atoms with Crippen molar-refractivity contribution in [1.82, 2.24) is 9.88 Å². The van der Waals surface area contributed by atoms with Crippen LogP contribution in [0.15, 0.2) is 84.1 Å². The number of nitrogens with zero attached hydrogens (tertiary/aromatic N) is 3. The lowest BCUT2D eigenvalue weighted by Crippen LogP contribution is -2.70. The molecule has 61 heavy (non-hydrogen) atoms. The van der Waals surface area contributed by atoms with Crippen LogP contribution < -0.4 is 18.9 Å². The van der Waals surface area contributed by atoms with E-state index in [2.05, 4.69) is 30.6 Å². The molecule has 4 aliphatic rings. The summed E-state index contributed by atoms with van der Waals surface area (Å²) in [6.45, 7) is 15.2. The first-order chi connectivity index (χ1) is 29.5. The Labute approximate surface area is 360 Å². The predicted molar refractivity (Wildman–Crippen MR) is 233 cm³/mol. The van der Waals surface area contributed by atoms with Gasteiger partial charge < -0.3 is 43.6 Å². The molecule has 0 spiro atoms. The molecule has 3 heterocycles. The van der Waals surface area contributed by atoms with Crippen LogP contribution in [0.1, 0.15) is 112 Å². The minimum absolute atomic E-state index is 0.0785. The summed E-state index contributed by atoms with van der Waals surface area (Å²) in [6.07, 6.45) is 9.77. The fourth-order valence-electron chi connectivity index (χ4n) is 9.60. The van der Waals surface area contributed by atoms with Crippen LogP contribution in [0.3, 0.4) is 0 Å². The molecular weight excluding hydrogens is 775 g/mol. The number of hydrogen-bond donors (Lipinski definition) is 2. The Balaban J connectivity index is 1.43. The molecule has 3 aromatic rings. The number of amides is 1.